The molecule has 4 heteroatoms. The van der Waals surface area contributed by atoms with Gasteiger partial charge in [-0.25, -0.2) is 0 Å². The summed E-state index contributed by atoms with van der Waals surface area (Å²) in [4.78, 5) is 12.1. The van der Waals surface area contributed by atoms with Crippen molar-refractivity contribution in [1.82, 2.24) is 0 Å². The molecule has 0 radical (unpaired) electrons. The number of benzene rings is 2. The molecule has 0 aromatic heterocycles. The van der Waals surface area contributed by atoms with Crippen LogP contribution in [0.2, 0.25) is 0 Å². The van der Waals surface area contributed by atoms with Crippen molar-refractivity contribution in [2.75, 3.05) is 11.9 Å². The highest BCUT2D eigenvalue weighted by atomic mass is 16.5. The maximum atomic E-state index is 12.1. The van der Waals surface area contributed by atoms with Gasteiger partial charge in [-0.1, -0.05) is 36.2 Å². The fraction of sp³-hybridized carbons (Fsp3) is 0.409. The third-order valence-corrected chi connectivity index (χ3v) is 4.99. The Morgan fingerprint density at radius 1 is 1.08 bits per heavy atom. The number of aryl methyl sites for hydroxylation is 1. The minimum Gasteiger partial charge on any atom is -0.483 e. The lowest BCUT2D eigenvalue weighted by molar-refractivity contribution is -0.706. The van der Waals surface area contributed by atoms with Crippen molar-refractivity contribution in [2.45, 2.75) is 51.6 Å². The van der Waals surface area contributed by atoms with Gasteiger partial charge in [-0.2, -0.15) is 0 Å². The Labute approximate surface area is 156 Å². The molecule has 0 spiro atoms. The summed E-state index contributed by atoms with van der Waals surface area (Å²) in [6.07, 6.45) is 6.68. The predicted molar refractivity (Wildman–Crippen MR) is 104 cm³/mol. The van der Waals surface area contributed by atoms with Crippen LogP contribution in [0.25, 0.3) is 0 Å². The molecular formula is C22H29N2O2+. The number of nitrogens with two attached hydrogens (primary N) is 1. The van der Waals surface area contributed by atoms with Gasteiger partial charge < -0.3 is 15.4 Å². The lowest BCUT2D eigenvalue weighted by Crippen LogP contribution is -2.88. The second-order valence-electron chi connectivity index (χ2n) is 7.15. The first kappa shape index (κ1) is 18.5. The standard InChI is InChI=1S/C22H28N2O2/c1-17-11-13-20(14-12-17)24-22(25)16-26-21-10-6-5-7-18(21)15-23-19-8-3-2-4-9-19/h5-7,10-14,19,23H,2-4,8-9,15-16H2,1H3,(H,24,25)/p+1. The summed E-state index contributed by atoms with van der Waals surface area (Å²) in [7, 11) is 0. The van der Waals surface area contributed by atoms with E-state index in [2.05, 4.69) is 16.7 Å². The molecule has 0 heterocycles. The van der Waals surface area contributed by atoms with Gasteiger partial charge in [-0.3, -0.25) is 4.79 Å². The molecule has 0 aliphatic heterocycles. The van der Waals surface area contributed by atoms with E-state index in [4.69, 9.17) is 4.74 Å². The molecule has 1 amide bonds. The maximum Gasteiger partial charge on any atom is 0.262 e. The first-order valence-electron chi connectivity index (χ1n) is 9.61. The van der Waals surface area contributed by atoms with Gasteiger partial charge in [-0.15, -0.1) is 0 Å². The van der Waals surface area contributed by atoms with Crippen LogP contribution >= 0.6 is 0 Å². The number of hydrogen-bond acceptors (Lipinski definition) is 2. The molecule has 0 bridgehead atoms. The molecule has 1 aliphatic rings. The smallest absolute Gasteiger partial charge is 0.262 e. The summed E-state index contributed by atoms with van der Waals surface area (Å²) >= 11 is 0. The topological polar surface area (TPSA) is 54.9 Å². The predicted octanol–water partition coefficient (Wildman–Crippen LogP) is 3.41. The maximum absolute atomic E-state index is 12.1. The van der Waals surface area contributed by atoms with E-state index in [1.807, 2.05) is 49.4 Å². The van der Waals surface area contributed by atoms with E-state index in [1.165, 1.54) is 37.7 Å². The van der Waals surface area contributed by atoms with Crippen LogP contribution in [0.5, 0.6) is 5.75 Å². The summed E-state index contributed by atoms with van der Waals surface area (Å²) in [5.74, 6) is 0.665. The molecule has 3 rings (SSSR count). The average Bonchev–Trinajstić information content (AvgIpc) is 2.68. The largest absolute Gasteiger partial charge is 0.483 e. The fourth-order valence-corrected chi connectivity index (χ4v) is 3.45. The highest BCUT2D eigenvalue weighted by molar-refractivity contribution is 5.91. The van der Waals surface area contributed by atoms with Gasteiger partial charge in [0.05, 0.1) is 6.04 Å². The van der Waals surface area contributed by atoms with Crippen LogP contribution in [0, 0.1) is 6.92 Å². The van der Waals surface area contributed by atoms with Crippen LogP contribution in [0.1, 0.15) is 43.2 Å². The monoisotopic (exact) mass is 353 g/mol. The second-order valence-corrected chi connectivity index (χ2v) is 7.15. The third-order valence-electron chi connectivity index (χ3n) is 4.99. The number of anilines is 1. The van der Waals surface area contributed by atoms with Crippen LogP contribution in [0.3, 0.4) is 0 Å². The van der Waals surface area contributed by atoms with E-state index in [0.717, 1.165) is 29.6 Å². The highest BCUT2D eigenvalue weighted by Crippen LogP contribution is 2.18. The number of nitrogens with one attached hydrogen (secondary N) is 1. The number of ether oxygens (including phenoxy) is 1. The molecule has 138 valence electrons. The second kappa shape index (κ2) is 9.39. The van der Waals surface area contributed by atoms with Crippen LogP contribution in [0.4, 0.5) is 5.69 Å². The van der Waals surface area contributed by atoms with Crippen molar-refractivity contribution in [1.29, 1.82) is 0 Å². The molecule has 0 saturated heterocycles. The Bertz CT molecular complexity index is 706. The highest BCUT2D eigenvalue weighted by Gasteiger charge is 2.17. The van der Waals surface area contributed by atoms with Gasteiger partial charge in [0.15, 0.2) is 6.61 Å². The van der Waals surface area contributed by atoms with Gasteiger partial charge in [0, 0.05) is 11.3 Å². The van der Waals surface area contributed by atoms with Gasteiger partial charge in [0.2, 0.25) is 0 Å². The molecule has 26 heavy (non-hydrogen) atoms. The SMILES string of the molecule is Cc1ccc(NC(=O)COc2ccccc2C[NH2+]C2CCCCC2)cc1. The van der Waals surface area contributed by atoms with Crippen molar-refractivity contribution in [3.8, 4) is 5.75 Å². The van der Waals surface area contributed by atoms with Gasteiger partial charge in [0.1, 0.15) is 12.3 Å². The zero-order valence-corrected chi connectivity index (χ0v) is 15.5. The van der Waals surface area contributed by atoms with Crippen molar-refractivity contribution >= 4 is 11.6 Å². The first-order chi connectivity index (χ1) is 12.7. The molecule has 2 aromatic rings. The Morgan fingerprint density at radius 3 is 2.58 bits per heavy atom. The molecule has 2 aromatic carbocycles. The molecule has 3 N–H and O–H groups in total. The number of amides is 1. The molecule has 1 aliphatic carbocycles. The lowest BCUT2D eigenvalue weighted by atomic mass is 9.95. The number of para-hydroxylation sites is 1. The van der Waals surface area contributed by atoms with E-state index in [-0.39, 0.29) is 12.5 Å². The van der Waals surface area contributed by atoms with Crippen LogP contribution in [-0.4, -0.2) is 18.6 Å². The van der Waals surface area contributed by atoms with Crippen molar-refractivity contribution < 1.29 is 14.8 Å². The molecular weight excluding hydrogens is 324 g/mol. The lowest BCUT2D eigenvalue weighted by Gasteiger charge is -2.20. The molecule has 1 fully saturated rings. The minimum atomic E-state index is -0.139. The van der Waals surface area contributed by atoms with Gasteiger partial charge in [-0.05, 0) is 56.9 Å². The number of carbonyl (C=O) groups is 1. The van der Waals surface area contributed by atoms with Crippen LogP contribution < -0.4 is 15.4 Å². The average molecular weight is 353 g/mol. The first-order valence-corrected chi connectivity index (χ1v) is 9.61. The van der Waals surface area contributed by atoms with Gasteiger partial charge in [0.25, 0.3) is 5.91 Å². The van der Waals surface area contributed by atoms with Crippen LogP contribution in [0.15, 0.2) is 48.5 Å². The van der Waals surface area contributed by atoms with Crippen molar-refractivity contribution in [2.24, 2.45) is 0 Å². The van der Waals surface area contributed by atoms with Crippen molar-refractivity contribution in [3.05, 3.63) is 59.7 Å². The number of quaternary nitrogens is 1. The van der Waals surface area contributed by atoms with Crippen LogP contribution in [-0.2, 0) is 11.3 Å². The normalized spacial score (nSPS) is 14.8. The number of carbonyl (C=O) groups excluding carboxylic acids is 1. The molecule has 0 atom stereocenters. The number of hydrogen-bond donors (Lipinski definition) is 2. The van der Waals surface area contributed by atoms with Crippen molar-refractivity contribution in [3.63, 3.8) is 0 Å². The zero-order chi connectivity index (χ0) is 18.2. The summed E-state index contributed by atoms with van der Waals surface area (Å²) in [5.41, 5.74) is 3.12. The molecule has 4 nitrogen and oxygen atoms in total. The summed E-state index contributed by atoms with van der Waals surface area (Å²) in [6.45, 7) is 2.95. The summed E-state index contributed by atoms with van der Waals surface area (Å²) in [6, 6.07) is 16.5. The number of rotatable bonds is 7. The summed E-state index contributed by atoms with van der Waals surface area (Å²) in [5, 5.41) is 5.30. The fourth-order valence-electron chi connectivity index (χ4n) is 3.45. The van der Waals surface area contributed by atoms with E-state index in [9.17, 15) is 4.79 Å². The molecule has 0 unspecified atom stereocenters. The zero-order valence-electron chi connectivity index (χ0n) is 15.5. The minimum absolute atomic E-state index is 0.0221. The Balaban J connectivity index is 1.50. The quantitative estimate of drug-likeness (QED) is 0.801. The molecule has 1 saturated carbocycles. The Kier molecular flexibility index (Phi) is 6.67. The summed E-state index contributed by atoms with van der Waals surface area (Å²) < 4.78 is 5.80. The third kappa shape index (κ3) is 5.60. The van der Waals surface area contributed by atoms with E-state index >= 15 is 0 Å². The van der Waals surface area contributed by atoms with E-state index < -0.39 is 0 Å². The van der Waals surface area contributed by atoms with Gasteiger partial charge >= 0.3 is 0 Å². The Hall–Kier alpha value is -2.33. The van der Waals surface area contributed by atoms with E-state index in [1.54, 1.807) is 0 Å². The Morgan fingerprint density at radius 2 is 1.81 bits per heavy atom. The van der Waals surface area contributed by atoms with E-state index in [0.29, 0.717) is 0 Å².